The summed E-state index contributed by atoms with van der Waals surface area (Å²) in [5.74, 6) is 0.905. The Morgan fingerprint density at radius 3 is 2.19 bits per heavy atom. The highest BCUT2D eigenvalue weighted by Crippen LogP contribution is 2.30. The second-order valence-corrected chi connectivity index (χ2v) is 7.99. The highest BCUT2D eigenvalue weighted by atomic mass is 19.3. The largest absolute Gasteiger partial charge is 0.493 e. The molecule has 0 fully saturated rings. The summed E-state index contributed by atoms with van der Waals surface area (Å²) in [6.45, 7) is 4.02. The summed E-state index contributed by atoms with van der Waals surface area (Å²) in [6.07, 6.45) is -1.65. The van der Waals surface area contributed by atoms with Crippen LogP contribution >= 0.6 is 0 Å². The van der Waals surface area contributed by atoms with Gasteiger partial charge < -0.3 is 19.3 Å². The molecule has 1 aromatic heterocycles. The molecule has 8 heteroatoms. The topological polar surface area (TPSA) is 69.9 Å². The van der Waals surface area contributed by atoms with E-state index < -0.39 is 11.7 Å². The lowest BCUT2D eigenvalue weighted by Gasteiger charge is -2.19. The number of hydrogen-bond donors (Lipinski definition) is 1. The van der Waals surface area contributed by atoms with Gasteiger partial charge in [-0.05, 0) is 55.3 Å². The van der Waals surface area contributed by atoms with E-state index in [0.717, 1.165) is 0 Å². The molecule has 0 aliphatic heterocycles. The smallest absolute Gasteiger partial charge is 0.394 e. The van der Waals surface area contributed by atoms with Gasteiger partial charge in [0.2, 0.25) is 0 Å². The van der Waals surface area contributed by atoms with Gasteiger partial charge in [-0.15, -0.1) is 0 Å². The normalized spacial score (nSPS) is 11.8. The molecule has 3 aromatic rings. The van der Waals surface area contributed by atoms with Crippen molar-refractivity contribution < 1.29 is 28.1 Å². The van der Waals surface area contributed by atoms with Crippen molar-refractivity contribution in [3.63, 3.8) is 0 Å². The van der Waals surface area contributed by atoms with E-state index in [-0.39, 0.29) is 17.9 Å². The number of halogens is 2. The summed E-state index contributed by atoms with van der Waals surface area (Å²) in [4.78, 5) is 12.7. The van der Waals surface area contributed by atoms with Gasteiger partial charge in [-0.1, -0.05) is 12.1 Å². The SMILES string of the molecule is COc1cc(-n2ccc(-c3ccc(OC(C)(F)F)cc3)cc2=O)ccc1OCC(C)(C)O. The van der Waals surface area contributed by atoms with E-state index in [9.17, 15) is 18.7 Å². The standard InChI is InChI=1S/C24H25F2NO5/c1-23(2,29)15-31-20-10-7-18(14-21(20)30-4)27-12-11-17(13-22(27)28)16-5-8-19(9-6-16)32-24(3,25)26/h5-14,29H,15H2,1-4H3. The van der Waals surface area contributed by atoms with Crippen LogP contribution in [0.15, 0.2) is 65.6 Å². The second-order valence-electron chi connectivity index (χ2n) is 7.99. The zero-order valence-electron chi connectivity index (χ0n) is 18.3. The van der Waals surface area contributed by atoms with Crippen molar-refractivity contribution in [1.82, 2.24) is 4.57 Å². The first kappa shape index (κ1) is 23.3. The summed E-state index contributed by atoms with van der Waals surface area (Å²) in [7, 11) is 1.49. The third kappa shape index (κ3) is 6.07. The summed E-state index contributed by atoms with van der Waals surface area (Å²) < 4.78 is 42.9. The van der Waals surface area contributed by atoms with Crippen LogP contribution in [-0.4, -0.2) is 35.1 Å². The van der Waals surface area contributed by atoms with Crippen LogP contribution in [0.2, 0.25) is 0 Å². The number of alkyl halides is 2. The fraction of sp³-hybridized carbons (Fsp3) is 0.292. The van der Waals surface area contributed by atoms with Gasteiger partial charge in [0.05, 0.1) is 18.4 Å². The minimum atomic E-state index is -3.27. The van der Waals surface area contributed by atoms with Crippen LogP contribution in [-0.2, 0) is 0 Å². The average molecular weight is 445 g/mol. The molecular weight excluding hydrogens is 420 g/mol. The lowest BCUT2D eigenvalue weighted by molar-refractivity contribution is -0.158. The minimum absolute atomic E-state index is 0.0357. The molecule has 2 aromatic carbocycles. The van der Waals surface area contributed by atoms with Crippen LogP contribution < -0.4 is 19.8 Å². The first-order chi connectivity index (χ1) is 14.9. The second kappa shape index (κ2) is 9.00. The van der Waals surface area contributed by atoms with Gasteiger partial charge in [0.1, 0.15) is 12.4 Å². The molecule has 0 spiro atoms. The fourth-order valence-corrected chi connectivity index (χ4v) is 2.97. The molecule has 0 bridgehead atoms. The maximum absolute atomic E-state index is 13.0. The average Bonchev–Trinajstić information content (AvgIpc) is 2.71. The number of aliphatic hydroxyl groups is 1. The Balaban J connectivity index is 1.84. The fourth-order valence-electron chi connectivity index (χ4n) is 2.97. The van der Waals surface area contributed by atoms with E-state index in [1.54, 1.807) is 56.4 Å². The van der Waals surface area contributed by atoms with Gasteiger partial charge in [-0.3, -0.25) is 9.36 Å². The molecule has 0 saturated carbocycles. The van der Waals surface area contributed by atoms with Crippen molar-refractivity contribution in [3.05, 3.63) is 71.1 Å². The molecule has 6 nitrogen and oxygen atoms in total. The number of ether oxygens (including phenoxy) is 3. The zero-order valence-corrected chi connectivity index (χ0v) is 18.3. The van der Waals surface area contributed by atoms with E-state index in [0.29, 0.717) is 35.2 Å². The molecular formula is C24H25F2NO5. The first-order valence-corrected chi connectivity index (χ1v) is 9.89. The maximum atomic E-state index is 13.0. The Hall–Kier alpha value is -3.39. The van der Waals surface area contributed by atoms with Crippen molar-refractivity contribution in [2.75, 3.05) is 13.7 Å². The molecule has 0 amide bonds. The molecule has 32 heavy (non-hydrogen) atoms. The summed E-state index contributed by atoms with van der Waals surface area (Å²) in [6, 6.07) is 14.3. The number of methoxy groups -OCH3 is 1. The van der Waals surface area contributed by atoms with Gasteiger partial charge in [0.25, 0.3) is 5.56 Å². The highest BCUT2D eigenvalue weighted by Gasteiger charge is 2.23. The number of aromatic nitrogens is 1. The first-order valence-electron chi connectivity index (χ1n) is 9.89. The van der Waals surface area contributed by atoms with Gasteiger partial charge in [-0.2, -0.15) is 8.78 Å². The number of pyridine rings is 1. The molecule has 0 unspecified atom stereocenters. The van der Waals surface area contributed by atoms with Crippen LogP contribution in [0.4, 0.5) is 8.78 Å². The lowest BCUT2D eigenvalue weighted by atomic mass is 10.1. The Morgan fingerprint density at radius 1 is 0.938 bits per heavy atom. The van der Waals surface area contributed by atoms with E-state index in [4.69, 9.17) is 9.47 Å². The van der Waals surface area contributed by atoms with Crippen molar-refractivity contribution in [3.8, 4) is 34.1 Å². The Kier molecular flexibility index (Phi) is 6.55. The van der Waals surface area contributed by atoms with E-state index in [1.165, 1.54) is 29.9 Å². The van der Waals surface area contributed by atoms with E-state index >= 15 is 0 Å². The van der Waals surface area contributed by atoms with Crippen molar-refractivity contribution in [2.24, 2.45) is 0 Å². The molecule has 0 atom stereocenters. The molecule has 1 N–H and O–H groups in total. The number of benzene rings is 2. The van der Waals surface area contributed by atoms with Crippen molar-refractivity contribution >= 4 is 0 Å². The van der Waals surface area contributed by atoms with E-state index in [2.05, 4.69) is 4.74 Å². The summed E-state index contributed by atoms with van der Waals surface area (Å²) in [5, 5.41) is 9.84. The van der Waals surface area contributed by atoms with Crippen LogP contribution in [0.5, 0.6) is 17.2 Å². The number of nitrogens with zero attached hydrogens (tertiary/aromatic N) is 1. The van der Waals surface area contributed by atoms with Gasteiger partial charge in [0.15, 0.2) is 11.5 Å². The predicted molar refractivity (Wildman–Crippen MR) is 117 cm³/mol. The van der Waals surface area contributed by atoms with Crippen LogP contribution in [0.1, 0.15) is 20.8 Å². The summed E-state index contributed by atoms with van der Waals surface area (Å²) >= 11 is 0. The lowest BCUT2D eigenvalue weighted by Crippen LogP contribution is -2.28. The highest BCUT2D eigenvalue weighted by molar-refractivity contribution is 5.64. The molecule has 0 aliphatic rings. The van der Waals surface area contributed by atoms with Gasteiger partial charge in [0, 0.05) is 25.3 Å². The monoisotopic (exact) mass is 445 g/mol. The van der Waals surface area contributed by atoms with Crippen LogP contribution in [0.25, 0.3) is 16.8 Å². The predicted octanol–water partition coefficient (Wildman–Crippen LogP) is 4.65. The molecule has 0 saturated heterocycles. The Labute approximate surface area is 184 Å². The van der Waals surface area contributed by atoms with Gasteiger partial charge >= 0.3 is 6.11 Å². The number of hydrogen-bond acceptors (Lipinski definition) is 5. The zero-order chi connectivity index (χ0) is 23.5. The Bertz CT molecular complexity index is 1130. The molecule has 1 heterocycles. The van der Waals surface area contributed by atoms with Gasteiger partial charge in [-0.25, -0.2) is 0 Å². The van der Waals surface area contributed by atoms with E-state index in [1.807, 2.05) is 0 Å². The quantitative estimate of drug-likeness (QED) is 0.546. The minimum Gasteiger partial charge on any atom is -0.493 e. The Morgan fingerprint density at radius 2 is 1.62 bits per heavy atom. The van der Waals surface area contributed by atoms with Crippen LogP contribution in [0.3, 0.4) is 0 Å². The van der Waals surface area contributed by atoms with Crippen molar-refractivity contribution in [1.29, 1.82) is 0 Å². The summed E-state index contributed by atoms with van der Waals surface area (Å²) in [5.41, 5.74) is 0.614. The molecule has 0 radical (unpaired) electrons. The van der Waals surface area contributed by atoms with Crippen LogP contribution in [0, 0.1) is 0 Å². The molecule has 0 aliphatic carbocycles. The maximum Gasteiger partial charge on any atom is 0.394 e. The third-order valence-electron chi connectivity index (χ3n) is 4.41. The number of rotatable bonds is 8. The van der Waals surface area contributed by atoms with Crippen molar-refractivity contribution in [2.45, 2.75) is 32.5 Å². The molecule has 3 rings (SSSR count). The third-order valence-corrected chi connectivity index (χ3v) is 4.41. The molecule has 170 valence electrons.